The molecule has 0 radical (unpaired) electrons. The maximum absolute atomic E-state index is 12.8. The average Bonchev–Trinajstić information content (AvgIpc) is 2.77. The normalized spacial score (nSPS) is 22.1. The van der Waals surface area contributed by atoms with Gasteiger partial charge >= 0.3 is 0 Å². The van der Waals surface area contributed by atoms with Crippen molar-refractivity contribution in [3.05, 3.63) is 59.4 Å². The van der Waals surface area contributed by atoms with Crippen molar-refractivity contribution in [2.45, 2.75) is 50.4 Å². The molecule has 2 aromatic rings. The van der Waals surface area contributed by atoms with Gasteiger partial charge in [0.1, 0.15) is 11.4 Å². The van der Waals surface area contributed by atoms with E-state index in [1.54, 1.807) is 6.20 Å². The molecule has 0 N–H and O–H groups in total. The Hall–Kier alpha value is -2.44. The van der Waals surface area contributed by atoms with Crippen LogP contribution in [0.15, 0.2) is 42.7 Å². The second-order valence-corrected chi connectivity index (χ2v) is 8.64. The molecule has 1 spiro atoms. The highest BCUT2D eigenvalue weighted by Crippen LogP contribution is 2.36. The Kier molecular flexibility index (Phi) is 5.44. The summed E-state index contributed by atoms with van der Waals surface area (Å²) in [7, 11) is 0. The van der Waals surface area contributed by atoms with Gasteiger partial charge in [-0.05, 0) is 48.1 Å². The summed E-state index contributed by atoms with van der Waals surface area (Å²) in [5, 5.41) is 0. The predicted molar refractivity (Wildman–Crippen MR) is 111 cm³/mol. The van der Waals surface area contributed by atoms with Crippen LogP contribution >= 0.6 is 0 Å². The lowest BCUT2D eigenvalue weighted by Crippen LogP contribution is -2.67. The topological polar surface area (TPSA) is 60.9 Å². The molecule has 1 aromatic heterocycles. The molecule has 0 bridgehead atoms. The molecule has 1 atom stereocenters. The van der Waals surface area contributed by atoms with Crippen molar-refractivity contribution in [2.24, 2.45) is 0 Å². The van der Waals surface area contributed by atoms with Crippen molar-refractivity contribution in [1.29, 1.82) is 0 Å². The molecule has 3 aliphatic heterocycles. The zero-order valence-electron chi connectivity index (χ0n) is 17.2. The highest BCUT2D eigenvalue weighted by molar-refractivity contribution is 5.80. The first-order chi connectivity index (χ1) is 14.7. The third-order valence-corrected chi connectivity index (χ3v) is 6.30. The Morgan fingerprint density at radius 1 is 1.23 bits per heavy atom. The van der Waals surface area contributed by atoms with Crippen molar-refractivity contribution in [2.75, 3.05) is 26.3 Å². The van der Waals surface area contributed by atoms with E-state index >= 15 is 0 Å². The number of fused-ring (bicyclic) bond motifs is 1. The Balaban J connectivity index is 1.13. The van der Waals surface area contributed by atoms with Gasteiger partial charge in [0.15, 0.2) is 0 Å². The number of carbonyl (C=O) groups is 1. The van der Waals surface area contributed by atoms with Crippen LogP contribution in [0.3, 0.4) is 0 Å². The molecule has 6 heteroatoms. The SMILES string of the molecule is O=C(Cc1ccc2c(c1)CCCO2)N1CC2(C[C@H](OCc3cccnc3)CCO2)C1. The summed E-state index contributed by atoms with van der Waals surface area (Å²) in [6.45, 7) is 3.36. The third-order valence-electron chi connectivity index (χ3n) is 6.30. The Morgan fingerprint density at radius 3 is 3.03 bits per heavy atom. The van der Waals surface area contributed by atoms with Crippen LogP contribution in [-0.2, 0) is 33.7 Å². The minimum Gasteiger partial charge on any atom is -0.493 e. The fourth-order valence-electron chi connectivity index (χ4n) is 4.68. The quantitative estimate of drug-likeness (QED) is 0.761. The lowest BCUT2D eigenvalue weighted by atomic mass is 9.84. The summed E-state index contributed by atoms with van der Waals surface area (Å²) in [6.07, 6.45) is 8.01. The van der Waals surface area contributed by atoms with Crippen LogP contribution in [-0.4, -0.2) is 53.8 Å². The number of likely N-dealkylation sites (tertiary alicyclic amines) is 1. The minimum absolute atomic E-state index is 0.164. The lowest BCUT2D eigenvalue weighted by molar-refractivity contribution is -0.202. The fourth-order valence-corrected chi connectivity index (χ4v) is 4.68. The Morgan fingerprint density at radius 2 is 2.17 bits per heavy atom. The summed E-state index contributed by atoms with van der Waals surface area (Å²) in [5.74, 6) is 1.13. The van der Waals surface area contributed by atoms with Gasteiger partial charge in [0.25, 0.3) is 0 Å². The van der Waals surface area contributed by atoms with Crippen molar-refractivity contribution in [3.63, 3.8) is 0 Å². The average molecular weight is 408 g/mol. The van der Waals surface area contributed by atoms with Crippen molar-refractivity contribution >= 4 is 5.91 Å². The maximum Gasteiger partial charge on any atom is 0.227 e. The number of aryl methyl sites for hydroxylation is 1. The van der Waals surface area contributed by atoms with Gasteiger partial charge in [0.05, 0.1) is 38.8 Å². The molecule has 6 nitrogen and oxygen atoms in total. The van der Waals surface area contributed by atoms with Gasteiger partial charge in [0.2, 0.25) is 5.91 Å². The Labute approximate surface area is 177 Å². The highest BCUT2D eigenvalue weighted by atomic mass is 16.5. The monoisotopic (exact) mass is 408 g/mol. The summed E-state index contributed by atoms with van der Waals surface area (Å²) in [4.78, 5) is 18.8. The smallest absolute Gasteiger partial charge is 0.227 e. The van der Waals surface area contributed by atoms with E-state index in [2.05, 4.69) is 11.1 Å². The van der Waals surface area contributed by atoms with E-state index in [1.165, 1.54) is 5.56 Å². The van der Waals surface area contributed by atoms with Crippen molar-refractivity contribution < 1.29 is 19.0 Å². The number of pyridine rings is 1. The Bertz CT molecular complexity index is 895. The summed E-state index contributed by atoms with van der Waals surface area (Å²) in [6, 6.07) is 10.1. The second-order valence-electron chi connectivity index (χ2n) is 8.64. The van der Waals surface area contributed by atoms with Crippen LogP contribution in [0.4, 0.5) is 0 Å². The standard InChI is InChI=1S/C24H28N2O4/c27-23(12-18-5-6-22-20(11-18)4-2-9-28-22)26-16-24(17-26)13-21(7-10-30-24)29-15-19-3-1-8-25-14-19/h1,3,5-6,8,11,14,21H,2,4,7,9-10,12-13,15-17H2/t21-/m1/s1. The number of aromatic nitrogens is 1. The highest BCUT2D eigenvalue weighted by Gasteiger charge is 2.49. The molecule has 4 heterocycles. The first-order valence-electron chi connectivity index (χ1n) is 10.9. The van der Waals surface area contributed by atoms with Gasteiger partial charge in [0, 0.05) is 25.4 Å². The zero-order chi connectivity index (χ0) is 20.4. The first-order valence-corrected chi connectivity index (χ1v) is 10.9. The molecule has 1 aromatic carbocycles. The van der Waals surface area contributed by atoms with Crippen LogP contribution in [0.25, 0.3) is 0 Å². The van der Waals surface area contributed by atoms with Gasteiger partial charge in [-0.1, -0.05) is 18.2 Å². The van der Waals surface area contributed by atoms with Crippen LogP contribution in [0.5, 0.6) is 5.75 Å². The molecule has 30 heavy (non-hydrogen) atoms. The summed E-state index contributed by atoms with van der Waals surface area (Å²) in [5.41, 5.74) is 3.12. The molecule has 158 valence electrons. The number of hydrogen-bond acceptors (Lipinski definition) is 5. The molecule has 2 saturated heterocycles. The molecular formula is C24H28N2O4. The number of benzene rings is 1. The minimum atomic E-state index is -0.239. The molecule has 5 rings (SSSR count). The van der Waals surface area contributed by atoms with E-state index in [9.17, 15) is 4.79 Å². The van der Waals surface area contributed by atoms with E-state index in [-0.39, 0.29) is 17.6 Å². The number of hydrogen-bond donors (Lipinski definition) is 0. The van der Waals surface area contributed by atoms with Crippen LogP contribution in [0.2, 0.25) is 0 Å². The van der Waals surface area contributed by atoms with E-state index in [4.69, 9.17) is 14.2 Å². The predicted octanol–water partition coefficient (Wildman–Crippen LogP) is 2.93. The third kappa shape index (κ3) is 4.20. The number of rotatable bonds is 5. The molecule has 0 unspecified atom stereocenters. The van der Waals surface area contributed by atoms with Crippen LogP contribution < -0.4 is 4.74 Å². The van der Waals surface area contributed by atoms with Crippen molar-refractivity contribution in [1.82, 2.24) is 9.88 Å². The zero-order valence-corrected chi connectivity index (χ0v) is 17.2. The lowest BCUT2D eigenvalue weighted by Gasteiger charge is -2.53. The van der Waals surface area contributed by atoms with Gasteiger partial charge < -0.3 is 19.1 Å². The molecule has 1 amide bonds. The molecular weight excluding hydrogens is 380 g/mol. The number of ether oxygens (including phenoxy) is 3. The molecule has 0 aliphatic carbocycles. The largest absolute Gasteiger partial charge is 0.493 e. The molecule has 0 saturated carbocycles. The van der Waals surface area contributed by atoms with Crippen LogP contribution in [0.1, 0.15) is 36.0 Å². The van der Waals surface area contributed by atoms with Crippen molar-refractivity contribution in [3.8, 4) is 5.75 Å². The van der Waals surface area contributed by atoms with Gasteiger partial charge in [-0.25, -0.2) is 0 Å². The fraction of sp³-hybridized carbons (Fsp3) is 0.500. The van der Waals surface area contributed by atoms with E-state index in [1.807, 2.05) is 35.4 Å². The summed E-state index contributed by atoms with van der Waals surface area (Å²) < 4.78 is 17.9. The first kappa shape index (κ1) is 19.5. The molecule has 2 fully saturated rings. The maximum atomic E-state index is 12.8. The molecule has 3 aliphatic rings. The second kappa shape index (κ2) is 8.36. The van der Waals surface area contributed by atoms with E-state index < -0.39 is 0 Å². The van der Waals surface area contributed by atoms with Gasteiger partial charge in [-0.3, -0.25) is 9.78 Å². The van der Waals surface area contributed by atoms with Gasteiger partial charge in [-0.2, -0.15) is 0 Å². The van der Waals surface area contributed by atoms with E-state index in [0.717, 1.165) is 49.2 Å². The van der Waals surface area contributed by atoms with Crippen LogP contribution in [0, 0.1) is 0 Å². The van der Waals surface area contributed by atoms with Gasteiger partial charge in [-0.15, -0.1) is 0 Å². The van der Waals surface area contributed by atoms with E-state index in [0.29, 0.717) is 32.7 Å². The summed E-state index contributed by atoms with van der Waals surface area (Å²) >= 11 is 0. The number of amides is 1. The number of carbonyl (C=O) groups excluding carboxylic acids is 1. The number of nitrogens with zero attached hydrogens (tertiary/aromatic N) is 2.